The number of hydroxylamine groups is 2. The Kier molecular flexibility index (Phi) is 14.1. The van der Waals surface area contributed by atoms with Crippen molar-refractivity contribution in [2.24, 2.45) is 15.9 Å². The standard InChI is InChI=1S/C35H50N8O10S2/c1-9-11-24(50-22-14-12-19(13-15-22)27(36)38-21-16-20(17-21)37-10-2)35(8,30(46)47)52-42-25(23-18-54-31(39-23)41-32(48)51-33(3,4)5)28(44)40-26-29(45)43(53-55-49)34(26,6)7/h12-15,18,20-21,24,26,37,49H,9-11,16-17H2,1-8H3,(H2,36,38)(H,40,44)(H,46,47)(H,39,41,48)/b42-25-. The molecule has 0 radical (unpaired) electrons. The Hall–Kier alpha value is -4.50. The molecule has 0 bridgehead atoms. The number of benzene rings is 1. The minimum atomic E-state index is -2.16. The van der Waals surface area contributed by atoms with Gasteiger partial charge in [-0.1, -0.05) is 25.4 Å². The van der Waals surface area contributed by atoms with Crippen LogP contribution in [-0.4, -0.2) is 103 Å². The SMILES string of the molecule is CCCC(Oc1ccc(C(N)=NC2CC(NCC)C2)cc1)C(C)(O/N=C(\C(=O)NC1C(=O)N(OSO)C1(C)C)c1csc(NC(=O)OC(C)(C)C)n1)C(=O)O. The number of nitrogens with one attached hydrogen (secondary N) is 3. The molecule has 18 nitrogen and oxygen atoms in total. The molecule has 0 spiro atoms. The van der Waals surface area contributed by atoms with Crippen molar-refractivity contribution >= 4 is 64.2 Å². The fraction of sp³-hybridized carbons (Fsp3) is 0.571. The molecule has 55 heavy (non-hydrogen) atoms. The highest BCUT2D eigenvalue weighted by atomic mass is 32.2. The first-order valence-electron chi connectivity index (χ1n) is 17.7. The lowest BCUT2D eigenvalue weighted by atomic mass is 9.84. The van der Waals surface area contributed by atoms with Crippen molar-refractivity contribution in [3.63, 3.8) is 0 Å². The predicted molar refractivity (Wildman–Crippen MR) is 207 cm³/mol. The first kappa shape index (κ1) is 43.2. The lowest BCUT2D eigenvalue weighted by Crippen LogP contribution is -2.76. The molecular weight excluding hydrogens is 757 g/mol. The van der Waals surface area contributed by atoms with Crippen LogP contribution in [0.1, 0.15) is 92.3 Å². The summed E-state index contributed by atoms with van der Waals surface area (Å²) in [5.74, 6) is -2.33. The maximum absolute atomic E-state index is 13.8. The molecule has 2 aliphatic rings. The fourth-order valence-electron chi connectivity index (χ4n) is 5.77. The number of aromatic nitrogens is 1. The third-order valence-electron chi connectivity index (χ3n) is 8.90. The number of amides is 3. The summed E-state index contributed by atoms with van der Waals surface area (Å²) >= 11 is 0.908. The number of thiazole rings is 1. The van der Waals surface area contributed by atoms with Gasteiger partial charge in [-0.2, -0.15) is 9.35 Å². The molecule has 302 valence electrons. The highest BCUT2D eigenvalue weighted by molar-refractivity contribution is 7.88. The number of hydrogen-bond donors (Lipinski definition) is 6. The van der Waals surface area contributed by atoms with Gasteiger partial charge in [0, 0.05) is 17.0 Å². The Morgan fingerprint density at radius 3 is 2.40 bits per heavy atom. The second-order valence-corrected chi connectivity index (χ2v) is 15.9. The molecule has 20 heteroatoms. The molecule has 2 fully saturated rings. The summed E-state index contributed by atoms with van der Waals surface area (Å²) in [6.45, 7) is 14.3. The first-order valence-corrected chi connectivity index (χ1v) is 19.3. The van der Waals surface area contributed by atoms with E-state index in [1.807, 2.05) is 6.92 Å². The average Bonchev–Trinajstić information content (AvgIpc) is 3.55. The van der Waals surface area contributed by atoms with Crippen LogP contribution in [0.4, 0.5) is 9.93 Å². The molecule has 3 atom stereocenters. The van der Waals surface area contributed by atoms with Gasteiger partial charge in [-0.05, 0) is 91.6 Å². The van der Waals surface area contributed by atoms with Crippen LogP contribution in [0.2, 0.25) is 0 Å². The molecule has 1 aliphatic heterocycles. The molecule has 2 heterocycles. The van der Waals surface area contributed by atoms with Crippen molar-refractivity contribution in [1.29, 1.82) is 0 Å². The highest BCUT2D eigenvalue weighted by Crippen LogP contribution is 2.34. The third-order valence-corrected chi connectivity index (χ3v) is 9.88. The number of nitrogens with zero attached hydrogens (tertiary/aromatic N) is 4. The van der Waals surface area contributed by atoms with E-state index in [2.05, 4.69) is 38.0 Å². The minimum absolute atomic E-state index is 0.0298. The largest absolute Gasteiger partial charge is 0.485 e. The molecule has 3 amide bonds. The molecule has 4 rings (SSSR count). The number of carbonyl (C=O) groups excluding carboxylic acids is 3. The monoisotopic (exact) mass is 806 g/mol. The van der Waals surface area contributed by atoms with Gasteiger partial charge in [-0.3, -0.25) is 19.9 Å². The van der Waals surface area contributed by atoms with Crippen LogP contribution in [0.15, 0.2) is 39.8 Å². The number of oxime groups is 1. The Labute approximate surface area is 328 Å². The number of carboxylic acid groups (broad SMARTS) is 1. The summed E-state index contributed by atoms with van der Waals surface area (Å²) in [7, 11) is 0. The van der Waals surface area contributed by atoms with Crippen molar-refractivity contribution in [2.45, 2.75) is 122 Å². The number of nitrogens with two attached hydrogens (primary N) is 1. The molecule has 1 aliphatic carbocycles. The smallest absolute Gasteiger partial charge is 0.413 e. The van der Waals surface area contributed by atoms with Crippen molar-refractivity contribution in [2.75, 3.05) is 11.9 Å². The first-order chi connectivity index (χ1) is 25.8. The number of aliphatic carboxylic acids is 1. The molecular formula is C35H50N8O10S2. The normalized spacial score (nSPS) is 21.4. The van der Waals surface area contributed by atoms with Gasteiger partial charge < -0.3 is 40.3 Å². The van der Waals surface area contributed by atoms with E-state index < -0.39 is 58.5 Å². The van der Waals surface area contributed by atoms with E-state index in [4.69, 9.17) is 28.9 Å². The van der Waals surface area contributed by atoms with Gasteiger partial charge in [0.15, 0.2) is 29.3 Å². The van der Waals surface area contributed by atoms with Crippen LogP contribution >= 0.6 is 23.7 Å². The molecule has 3 unspecified atom stereocenters. The number of hydrogen-bond acceptors (Lipinski definition) is 15. The average molecular weight is 807 g/mol. The second-order valence-electron chi connectivity index (χ2n) is 14.8. The van der Waals surface area contributed by atoms with Gasteiger partial charge >= 0.3 is 12.1 Å². The van der Waals surface area contributed by atoms with Gasteiger partial charge in [0.05, 0.1) is 11.6 Å². The molecule has 1 aromatic heterocycles. The minimum Gasteiger partial charge on any atom is -0.485 e. The summed E-state index contributed by atoms with van der Waals surface area (Å²) in [6, 6.07) is 6.22. The van der Waals surface area contributed by atoms with Gasteiger partial charge in [0.25, 0.3) is 17.4 Å². The van der Waals surface area contributed by atoms with Gasteiger partial charge in [-0.25, -0.2) is 14.6 Å². The van der Waals surface area contributed by atoms with Crippen LogP contribution in [0.3, 0.4) is 0 Å². The van der Waals surface area contributed by atoms with E-state index in [0.29, 0.717) is 29.6 Å². The number of β-lactam (4-membered cyclic amide) rings is 1. The van der Waals surface area contributed by atoms with Gasteiger partial charge in [-0.15, -0.1) is 11.3 Å². The van der Waals surface area contributed by atoms with E-state index in [1.54, 1.807) is 58.9 Å². The van der Waals surface area contributed by atoms with Crippen LogP contribution in [-0.2, 0) is 28.2 Å². The number of carbonyl (C=O) groups is 4. The van der Waals surface area contributed by atoms with E-state index in [9.17, 15) is 24.3 Å². The summed E-state index contributed by atoms with van der Waals surface area (Å²) in [5, 5.41) is 25.3. The zero-order valence-electron chi connectivity index (χ0n) is 32.1. The van der Waals surface area contributed by atoms with Crippen molar-refractivity contribution in [3.05, 3.63) is 40.9 Å². The van der Waals surface area contributed by atoms with E-state index in [-0.39, 0.29) is 35.6 Å². The number of ether oxygens (including phenoxy) is 2. The maximum Gasteiger partial charge on any atom is 0.413 e. The topological polar surface area (TPSA) is 249 Å². The number of anilines is 1. The summed E-state index contributed by atoms with van der Waals surface area (Å²) in [4.78, 5) is 66.6. The zero-order valence-corrected chi connectivity index (χ0v) is 33.7. The third kappa shape index (κ3) is 10.6. The molecule has 7 N–H and O–H groups in total. The summed E-state index contributed by atoms with van der Waals surface area (Å²) in [5.41, 5.74) is 2.30. The lowest BCUT2D eigenvalue weighted by molar-refractivity contribution is -0.214. The second kappa shape index (κ2) is 18.0. The number of carboxylic acids is 1. The Bertz CT molecular complexity index is 1760. The number of aliphatic imine (C=N–C) groups is 1. The van der Waals surface area contributed by atoms with Crippen LogP contribution < -0.4 is 26.4 Å². The predicted octanol–water partition coefficient (Wildman–Crippen LogP) is 4.31. The van der Waals surface area contributed by atoms with E-state index in [1.165, 1.54) is 12.3 Å². The van der Waals surface area contributed by atoms with Crippen molar-refractivity contribution in [1.82, 2.24) is 20.7 Å². The Morgan fingerprint density at radius 2 is 1.84 bits per heavy atom. The van der Waals surface area contributed by atoms with Crippen molar-refractivity contribution < 1.29 is 47.4 Å². The Balaban J connectivity index is 1.59. The fourth-order valence-corrected chi connectivity index (χ4v) is 6.78. The van der Waals surface area contributed by atoms with Gasteiger partial charge in [0.1, 0.15) is 28.9 Å². The summed E-state index contributed by atoms with van der Waals surface area (Å²) in [6.07, 6.45) is 0.615. The summed E-state index contributed by atoms with van der Waals surface area (Å²) < 4.78 is 25.5. The van der Waals surface area contributed by atoms with Crippen molar-refractivity contribution in [3.8, 4) is 5.75 Å². The molecule has 2 aromatic rings. The quantitative estimate of drug-likeness (QED) is 0.0404. The van der Waals surface area contributed by atoms with E-state index >= 15 is 0 Å². The number of amidine groups is 1. The lowest BCUT2D eigenvalue weighted by Gasteiger charge is -2.50. The molecule has 1 saturated heterocycles. The van der Waals surface area contributed by atoms with Gasteiger partial charge in [0.2, 0.25) is 0 Å². The zero-order chi connectivity index (χ0) is 40.7. The molecule has 1 saturated carbocycles. The number of rotatable bonds is 18. The maximum atomic E-state index is 13.8. The highest BCUT2D eigenvalue weighted by Gasteiger charge is 2.57. The molecule has 1 aromatic carbocycles. The van der Waals surface area contributed by atoms with Crippen LogP contribution in [0.25, 0.3) is 0 Å². The van der Waals surface area contributed by atoms with Crippen LogP contribution in [0.5, 0.6) is 5.75 Å². The Morgan fingerprint density at radius 1 is 1.16 bits per heavy atom. The van der Waals surface area contributed by atoms with E-state index in [0.717, 1.165) is 35.8 Å². The van der Waals surface area contributed by atoms with Crippen LogP contribution in [0, 0.1) is 0 Å².